The summed E-state index contributed by atoms with van der Waals surface area (Å²) in [7, 11) is 0. The average Bonchev–Trinajstić information content (AvgIpc) is 2.72. The van der Waals surface area contributed by atoms with Crippen molar-refractivity contribution in [1.29, 1.82) is 0 Å². The zero-order chi connectivity index (χ0) is 20.0. The van der Waals surface area contributed by atoms with Gasteiger partial charge in [0.15, 0.2) is 0 Å². The predicted octanol–water partition coefficient (Wildman–Crippen LogP) is 5.94. The smallest absolute Gasteiger partial charge is 0.311 e. The van der Waals surface area contributed by atoms with Gasteiger partial charge in [0.2, 0.25) is 0 Å². The van der Waals surface area contributed by atoms with E-state index in [4.69, 9.17) is 9.47 Å². The molecule has 0 unspecified atom stereocenters. The predicted molar refractivity (Wildman–Crippen MR) is 111 cm³/mol. The van der Waals surface area contributed by atoms with Crippen LogP contribution in [0, 0.1) is 0 Å². The summed E-state index contributed by atoms with van der Waals surface area (Å²) < 4.78 is 10.5. The molecule has 0 radical (unpaired) electrons. The van der Waals surface area contributed by atoms with Crippen molar-refractivity contribution in [3.8, 4) is 16.9 Å². The van der Waals surface area contributed by atoms with Crippen LogP contribution in [-0.2, 0) is 14.3 Å². The molecule has 0 spiro atoms. The molecule has 0 saturated heterocycles. The van der Waals surface area contributed by atoms with Gasteiger partial charge in [0.25, 0.3) is 0 Å². The highest BCUT2D eigenvalue weighted by atomic mass is 16.5. The molecule has 2 aromatic rings. The lowest BCUT2D eigenvalue weighted by Crippen LogP contribution is -2.10. The number of hydrogen-bond acceptors (Lipinski definition) is 4. The number of carbonyl (C=O) groups is 2. The van der Waals surface area contributed by atoms with E-state index in [0.717, 1.165) is 24.0 Å². The molecule has 0 aliphatic rings. The fourth-order valence-electron chi connectivity index (χ4n) is 2.87. The maximum Gasteiger partial charge on any atom is 0.311 e. The van der Waals surface area contributed by atoms with Crippen LogP contribution in [-0.4, -0.2) is 18.5 Å². The zero-order valence-corrected chi connectivity index (χ0v) is 16.7. The van der Waals surface area contributed by atoms with E-state index < -0.39 is 0 Å². The first-order chi connectivity index (χ1) is 13.7. The number of unbranched alkanes of at least 4 members (excludes halogenated alkanes) is 4. The Kier molecular flexibility index (Phi) is 9.84. The van der Waals surface area contributed by atoms with Crippen molar-refractivity contribution in [2.24, 2.45) is 0 Å². The van der Waals surface area contributed by atoms with Gasteiger partial charge in [-0.3, -0.25) is 9.59 Å². The average molecular weight is 382 g/mol. The van der Waals surface area contributed by atoms with E-state index in [0.29, 0.717) is 18.8 Å². The van der Waals surface area contributed by atoms with E-state index in [2.05, 4.69) is 6.92 Å². The van der Waals surface area contributed by atoms with Crippen molar-refractivity contribution in [2.75, 3.05) is 6.61 Å². The number of esters is 2. The molecule has 150 valence electrons. The normalized spacial score (nSPS) is 10.5. The van der Waals surface area contributed by atoms with E-state index >= 15 is 0 Å². The summed E-state index contributed by atoms with van der Waals surface area (Å²) in [5, 5.41) is 0. The maximum atomic E-state index is 11.9. The van der Waals surface area contributed by atoms with Crippen molar-refractivity contribution in [3.05, 3.63) is 54.6 Å². The molecule has 0 fully saturated rings. The lowest BCUT2D eigenvalue weighted by Gasteiger charge is -2.07. The van der Waals surface area contributed by atoms with E-state index in [-0.39, 0.29) is 24.8 Å². The third-order valence-corrected chi connectivity index (χ3v) is 4.47. The van der Waals surface area contributed by atoms with E-state index in [1.807, 2.05) is 42.5 Å². The summed E-state index contributed by atoms with van der Waals surface area (Å²) in [6.07, 6.45) is 6.51. The van der Waals surface area contributed by atoms with Crippen LogP contribution in [0.15, 0.2) is 54.6 Å². The summed E-state index contributed by atoms with van der Waals surface area (Å²) in [5.41, 5.74) is 2.18. The fraction of sp³-hybridized carbons (Fsp3) is 0.417. The van der Waals surface area contributed by atoms with Gasteiger partial charge in [-0.25, -0.2) is 0 Å². The van der Waals surface area contributed by atoms with Gasteiger partial charge in [0.05, 0.1) is 6.61 Å². The number of hydrogen-bond donors (Lipinski definition) is 0. The van der Waals surface area contributed by atoms with Crippen LogP contribution >= 0.6 is 0 Å². The first-order valence-corrected chi connectivity index (χ1v) is 10.2. The minimum absolute atomic E-state index is 0.200. The minimum atomic E-state index is -0.333. The molecular weight excluding hydrogens is 352 g/mol. The Morgan fingerprint density at radius 3 is 2.07 bits per heavy atom. The highest BCUT2D eigenvalue weighted by Crippen LogP contribution is 2.22. The number of benzene rings is 2. The van der Waals surface area contributed by atoms with Gasteiger partial charge in [-0.1, -0.05) is 75.1 Å². The van der Waals surface area contributed by atoms with Crippen molar-refractivity contribution in [3.63, 3.8) is 0 Å². The number of rotatable bonds is 12. The Hall–Kier alpha value is -2.62. The second-order valence-electron chi connectivity index (χ2n) is 6.85. The molecule has 0 amide bonds. The Morgan fingerprint density at radius 1 is 0.714 bits per heavy atom. The summed E-state index contributed by atoms with van der Waals surface area (Å²) in [6, 6.07) is 17.4. The summed E-state index contributed by atoms with van der Waals surface area (Å²) in [6.45, 7) is 2.64. The molecular formula is C24H30O4. The van der Waals surface area contributed by atoms with Gasteiger partial charge in [-0.15, -0.1) is 0 Å². The van der Waals surface area contributed by atoms with Crippen molar-refractivity contribution in [2.45, 2.75) is 58.3 Å². The highest BCUT2D eigenvalue weighted by molar-refractivity contribution is 5.74. The van der Waals surface area contributed by atoms with E-state index in [1.54, 1.807) is 12.1 Å². The molecule has 0 heterocycles. The quantitative estimate of drug-likeness (QED) is 0.259. The van der Waals surface area contributed by atoms with Gasteiger partial charge >= 0.3 is 11.9 Å². The second-order valence-corrected chi connectivity index (χ2v) is 6.85. The van der Waals surface area contributed by atoms with Gasteiger partial charge < -0.3 is 9.47 Å². The van der Waals surface area contributed by atoms with E-state index in [9.17, 15) is 9.59 Å². The Labute approximate surface area is 167 Å². The molecule has 0 saturated carbocycles. The summed E-state index contributed by atoms with van der Waals surface area (Å²) in [4.78, 5) is 23.6. The summed E-state index contributed by atoms with van der Waals surface area (Å²) >= 11 is 0. The van der Waals surface area contributed by atoms with Gasteiger partial charge in [-0.2, -0.15) is 0 Å². The van der Waals surface area contributed by atoms with E-state index in [1.165, 1.54) is 19.3 Å². The zero-order valence-electron chi connectivity index (χ0n) is 16.7. The minimum Gasteiger partial charge on any atom is -0.466 e. The molecule has 28 heavy (non-hydrogen) atoms. The first-order valence-electron chi connectivity index (χ1n) is 10.2. The molecule has 4 heteroatoms. The first kappa shape index (κ1) is 21.7. The molecule has 0 N–H and O–H groups in total. The Morgan fingerprint density at radius 2 is 1.36 bits per heavy atom. The topological polar surface area (TPSA) is 52.6 Å². The van der Waals surface area contributed by atoms with Crippen molar-refractivity contribution in [1.82, 2.24) is 0 Å². The molecule has 0 aromatic heterocycles. The molecule has 4 nitrogen and oxygen atoms in total. The Balaban J connectivity index is 1.61. The van der Waals surface area contributed by atoms with Crippen LogP contribution in [0.2, 0.25) is 0 Å². The highest BCUT2D eigenvalue weighted by Gasteiger charge is 2.08. The maximum absolute atomic E-state index is 11.9. The molecule has 0 aliphatic heterocycles. The van der Waals surface area contributed by atoms with Gasteiger partial charge in [0.1, 0.15) is 5.75 Å². The van der Waals surface area contributed by atoms with Gasteiger partial charge in [0, 0.05) is 12.8 Å². The second kappa shape index (κ2) is 12.7. The lowest BCUT2D eigenvalue weighted by atomic mass is 10.1. The van der Waals surface area contributed by atoms with Crippen molar-refractivity contribution < 1.29 is 19.1 Å². The standard InChI is InChI=1S/C24H30O4/c1-2-3-4-5-9-19-27-23(25)13-10-14-24(26)28-22-17-15-21(16-18-22)20-11-7-6-8-12-20/h6-8,11-12,15-18H,2-5,9-10,13-14,19H2,1H3. The van der Waals surface area contributed by atoms with Crippen LogP contribution in [0.3, 0.4) is 0 Å². The Bertz CT molecular complexity index is 707. The molecule has 0 bridgehead atoms. The fourth-order valence-corrected chi connectivity index (χ4v) is 2.87. The van der Waals surface area contributed by atoms with Crippen LogP contribution in [0.5, 0.6) is 5.75 Å². The van der Waals surface area contributed by atoms with Crippen LogP contribution < -0.4 is 4.74 Å². The molecule has 2 aromatic carbocycles. The van der Waals surface area contributed by atoms with Crippen LogP contribution in [0.25, 0.3) is 11.1 Å². The van der Waals surface area contributed by atoms with Crippen LogP contribution in [0.1, 0.15) is 58.3 Å². The molecule has 2 rings (SSSR count). The number of carbonyl (C=O) groups excluding carboxylic acids is 2. The summed E-state index contributed by atoms with van der Waals surface area (Å²) in [5.74, 6) is -0.0605. The lowest BCUT2D eigenvalue weighted by molar-refractivity contribution is -0.144. The third-order valence-electron chi connectivity index (χ3n) is 4.47. The van der Waals surface area contributed by atoms with Gasteiger partial charge in [-0.05, 0) is 36.1 Å². The largest absolute Gasteiger partial charge is 0.466 e. The van der Waals surface area contributed by atoms with Crippen molar-refractivity contribution >= 4 is 11.9 Å². The molecule has 0 atom stereocenters. The van der Waals surface area contributed by atoms with Crippen LogP contribution in [0.4, 0.5) is 0 Å². The molecule has 0 aliphatic carbocycles. The monoisotopic (exact) mass is 382 g/mol. The third kappa shape index (κ3) is 8.38. The SMILES string of the molecule is CCCCCCCOC(=O)CCCC(=O)Oc1ccc(-c2ccccc2)cc1. The number of ether oxygens (including phenoxy) is 2.